The van der Waals surface area contributed by atoms with Crippen LogP contribution in [0.3, 0.4) is 0 Å². The molecule has 0 atom stereocenters. The molecule has 1 aromatic carbocycles. The van der Waals surface area contributed by atoms with Gasteiger partial charge < -0.3 is 0 Å². The lowest BCUT2D eigenvalue weighted by Crippen LogP contribution is -2.31. The van der Waals surface area contributed by atoms with Crippen LogP contribution >= 0.6 is 0 Å². The maximum absolute atomic E-state index is 11.6. The van der Waals surface area contributed by atoms with Crippen molar-refractivity contribution in [3.63, 3.8) is 0 Å². The molecule has 0 aromatic heterocycles. The maximum atomic E-state index is 11.6. The lowest BCUT2D eigenvalue weighted by molar-refractivity contribution is -0.816. The van der Waals surface area contributed by atoms with E-state index in [4.69, 9.17) is 0 Å². The van der Waals surface area contributed by atoms with E-state index in [1.54, 1.807) is 37.4 Å². The normalized spacial score (nSPS) is 13.7. The second kappa shape index (κ2) is 5.10. The highest BCUT2D eigenvalue weighted by molar-refractivity contribution is 7.91. The summed E-state index contributed by atoms with van der Waals surface area (Å²) in [4.78, 5) is 0.308. The SMILES string of the molecule is CCS(=O)(=O)c1ccc(/C=[N+](\O)C(C)(C)C)cc1. The quantitative estimate of drug-likeness (QED) is 0.396. The molecule has 1 N–H and O–H groups in total. The van der Waals surface area contributed by atoms with Crippen molar-refractivity contribution < 1.29 is 18.4 Å². The molecule has 0 saturated carbocycles. The van der Waals surface area contributed by atoms with Gasteiger partial charge in [-0.1, -0.05) is 6.92 Å². The number of nitrogens with zero attached hydrogens (tertiary/aromatic N) is 1. The van der Waals surface area contributed by atoms with E-state index in [0.717, 1.165) is 10.3 Å². The van der Waals surface area contributed by atoms with Crippen LogP contribution in [0.5, 0.6) is 0 Å². The fraction of sp³-hybridized carbons (Fsp3) is 0.462. The molecule has 0 heterocycles. The number of sulfone groups is 1. The lowest BCUT2D eigenvalue weighted by Gasteiger charge is -2.09. The van der Waals surface area contributed by atoms with Crippen LogP contribution in [0.1, 0.15) is 33.3 Å². The van der Waals surface area contributed by atoms with Gasteiger partial charge in [-0.05, 0) is 29.0 Å². The van der Waals surface area contributed by atoms with Gasteiger partial charge >= 0.3 is 0 Å². The van der Waals surface area contributed by atoms with Crippen molar-refractivity contribution in [3.05, 3.63) is 29.8 Å². The fourth-order valence-corrected chi connectivity index (χ4v) is 2.15. The number of rotatable bonds is 3. The van der Waals surface area contributed by atoms with Crippen molar-refractivity contribution in [2.24, 2.45) is 0 Å². The van der Waals surface area contributed by atoms with E-state index >= 15 is 0 Å². The minimum atomic E-state index is -3.16. The summed E-state index contributed by atoms with van der Waals surface area (Å²) in [6, 6.07) is 6.47. The summed E-state index contributed by atoms with van der Waals surface area (Å²) in [5, 5.41) is 9.77. The van der Waals surface area contributed by atoms with Crippen LogP contribution in [0.2, 0.25) is 0 Å². The molecule has 5 heteroatoms. The number of hydroxylamine groups is 1. The molecule has 0 saturated heterocycles. The van der Waals surface area contributed by atoms with Gasteiger partial charge in [-0.25, -0.2) is 8.42 Å². The Morgan fingerprint density at radius 3 is 2.11 bits per heavy atom. The average molecular weight is 270 g/mol. The number of benzene rings is 1. The van der Waals surface area contributed by atoms with Gasteiger partial charge in [-0.2, -0.15) is 0 Å². The maximum Gasteiger partial charge on any atom is 0.223 e. The van der Waals surface area contributed by atoms with Crippen molar-refractivity contribution >= 4 is 16.1 Å². The first kappa shape index (κ1) is 14.7. The van der Waals surface area contributed by atoms with Gasteiger partial charge in [0.25, 0.3) is 0 Å². The third kappa shape index (κ3) is 3.57. The summed E-state index contributed by atoms with van der Waals surface area (Å²) in [5.41, 5.74) is 0.358. The van der Waals surface area contributed by atoms with Crippen molar-refractivity contribution in [2.75, 3.05) is 5.75 Å². The molecule has 0 aliphatic carbocycles. The average Bonchev–Trinajstić information content (AvgIpc) is 2.28. The summed E-state index contributed by atoms with van der Waals surface area (Å²) < 4.78 is 24.4. The van der Waals surface area contributed by atoms with Gasteiger partial charge in [0, 0.05) is 26.3 Å². The van der Waals surface area contributed by atoms with E-state index in [0.29, 0.717) is 4.90 Å². The van der Waals surface area contributed by atoms with Gasteiger partial charge in [0.1, 0.15) is 0 Å². The molecule has 0 spiro atoms. The van der Waals surface area contributed by atoms with E-state index in [1.807, 2.05) is 20.8 Å². The summed E-state index contributed by atoms with van der Waals surface area (Å²) in [6.07, 6.45) is 1.57. The summed E-state index contributed by atoms with van der Waals surface area (Å²) in [6.45, 7) is 7.24. The van der Waals surface area contributed by atoms with Crippen LogP contribution in [0, 0.1) is 0 Å². The van der Waals surface area contributed by atoms with E-state index in [1.165, 1.54) is 0 Å². The molecule has 18 heavy (non-hydrogen) atoms. The molecular weight excluding hydrogens is 250 g/mol. The number of hydrogen-bond donors (Lipinski definition) is 1. The van der Waals surface area contributed by atoms with E-state index < -0.39 is 15.4 Å². The number of hydrogen-bond acceptors (Lipinski definition) is 3. The Labute approximate surface area is 108 Å². The topological polar surface area (TPSA) is 57.4 Å². The second-order valence-electron chi connectivity index (χ2n) is 5.12. The Morgan fingerprint density at radius 1 is 1.22 bits per heavy atom. The smallest absolute Gasteiger partial charge is 0.223 e. The Hall–Kier alpha value is -1.36. The van der Waals surface area contributed by atoms with E-state index in [2.05, 4.69) is 0 Å². The summed E-state index contributed by atoms with van der Waals surface area (Å²) in [5.74, 6) is 0.0875. The third-order valence-corrected chi connectivity index (χ3v) is 4.33. The fourth-order valence-electron chi connectivity index (χ4n) is 1.26. The minimum absolute atomic E-state index is 0.0875. The minimum Gasteiger partial charge on any atom is -0.290 e. The Morgan fingerprint density at radius 2 is 1.72 bits per heavy atom. The zero-order valence-corrected chi connectivity index (χ0v) is 12.0. The molecule has 0 unspecified atom stereocenters. The van der Waals surface area contributed by atoms with Crippen LogP contribution < -0.4 is 0 Å². The Kier molecular flexibility index (Phi) is 4.16. The molecule has 0 bridgehead atoms. The van der Waals surface area contributed by atoms with Gasteiger partial charge in [-0.3, -0.25) is 5.21 Å². The monoisotopic (exact) mass is 270 g/mol. The van der Waals surface area contributed by atoms with Crippen LogP contribution in [0.25, 0.3) is 0 Å². The van der Waals surface area contributed by atoms with Crippen molar-refractivity contribution in [2.45, 2.75) is 38.1 Å². The van der Waals surface area contributed by atoms with Crippen LogP contribution in [0.15, 0.2) is 29.2 Å². The van der Waals surface area contributed by atoms with Crippen molar-refractivity contribution in [1.82, 2.24) is 0 Å². The first-order chi connectivity index (χ1) is 8.16. The first-order valence-corrected chi connectivity index (χ1v) is 7.48. The molecule has 0 aliphatic rings. The molecule has 0 aliphatic heterocycles. The molecule has 0 amide bonds. The van der Waals surface area contributed by atoms with Crippen LogP contribution in [0.4, 0.5) is 0 Å². The van der Waals surface area contributed by atoms with E-state index in [9.17, 15) is 13.6 Å². The molecule has 0 radical (unpaired) electrons. The lowest BCUT2D eigenvalue weighted by atomic mass is 10.1. The van der Waals surface area contributed by atoms with Crippen molar-refractivity contribution in [3.8, 4) is 0 Å². The zero-order valence-electron chi connectivity index (χ0n) is 11.2. The summed E-state index contributed by atoms with van der Waals surface area (Å²) in [7, 11) is -3.16. The molecule has 1 aromatic rings. The predicted octanol–water partition coefficient (Wildman–Crippen LogP) is 2.10. The van der Waals surface area contributed by atoms with Crippen LogP contribution in [-0.2, 0) is 9.84 Å². The van der Waals surface area contributed by atoms with Gasteiger partial charge in [-0.15, -0.1) is 0 Å². The predicted molar refractivity (Wildman–Crippen MR) is 71.1 cm³/mol. The largest absolute Gasteiger partial charge is 0.290 e. The second-order valence-corrected chi connectivity index (χ2v) is 7.40. The standard InChI is InChI=1S/C13H20NO3S/c1-5-18(16,17)12-8-6-11(7-9-12)10-14(15)13(2,3)4/h6-10,15H,5H2,1-4H3/q+1/b14-10-. The van der Waals surface area contributed by atoms with Gasteiger partial charge in [0.05, 0.1) is 10.6 Å². The highest BCUT2D eigenvalue weighted by atomic mass is 32.2. The molecule has 100 valence electrons. The third-order valence-electron chi connectivity index (χ3n) is 2.58. The molecule has 1 rings (SSSR count). The molecular formula is C13H20NO3S+. The first-order valence-electron chi connectivity index (χ1n) is 5.83. The van der Waals surface area contributed by atoms with Crippen LogP contribution in [-0.4, -0.2) is 35.9 Å². The zero-order chi connectivity index (χ0) is 14.0. The molecule has 4 nitrogen and oxygen atoms in total. The Balaban J connectivity index is 3.05. The van der Waals surface area contributed by atoms with E-state index in [-0.39, 0.29) is 5.75 Å². The summed E-state index contributed by atoms with van der Waals surface area (Å²) >= 11 is 0. The molecule has 0 fully saturated rings. The highest BCUT2D eigenvalue weighted by Crippen LogP contribution is 2.12. The highest BCUT2D eigenvalue weighted by Gasteiger charge is 2.24. The van der Waals surface area contributed by atoms with Crippen molar-refractivity contribution in [1.29, 1.82) is 0 Å². The van der Waals surface area contributed by atoms with Gasteiger partial charge in [0.15, 0.2) is 9.84 Å². The van der Waals surface area contributed by atoms with Gasteiger partial charge in [0.2, 0.25) is 11.8 Å². The Bertz CT molecular complexity index is 537.